The van der Waals surface area contributed by atoms with Crippen LogP contribution in [0, 0.1) is 11.3 Å². The molecule has 0 aliphatic rings. The summed E-state index contributed by atoms with van der Waals surface area (Å²) in [4.78, 5) is 12.0. The van der Waals surface area contributed by atoms with E-state index in [4.69, 9.17) is 14.7 Å². The number of nitrogens with zero attached hydrogens (tertiary/aromatic N) is 1. The van der Waals surface area contributed by atoms with Crippen molar-refractivity contribution in [1.82, 2.24) is 5.32 Å². The number of hydrogen-bond acceptors (Lipinski definition) is 4. The van der Waals surface area contributed by atoms with Gasteiger partial charge in [-0.15, -0.1) is 0 Å². The Morgan fingerprint density at radius 3 is 2.40 bits per heavy atom. The molecule has 1 atom stereocenters. The summed E-state index contributed by atoms with van der Waals surface area (Å²) < 4.78 is 10.8. The molecule has 0 bridgehead atoms. The van der Waals surface area contributed by atoms with E-state index in [2.05, 4.69) is 11.4 Å². The Morgan fingerprint density at radius 1 is 1.12 bits per heavy atom. The zero-order valence-electron chi connectivity index (χ0n) is 14.4. The molecule has 0 heterocycles. The average Bonchev–Trinajstić information content (AvgIpc) is 2.61. The van der Waals surface area contributed by atoms with E-state index in [0.29, 0.717) is 0 Å². The molecule has 0 aliphatic heterocycles. The minimum absolute atomic E-state index is 0.0897. The Morgan fingerprint density at radius 2 is 1.80 bits per heavy atom. The van der Waals surface area contributed by atoms with E-state index in [-0.39, 0.29) is 19.1 Å². The number of carbonyl (C=O) groups excluding carboxylic acids is 1. The van der Waals surface area contributed by atoms with Crippen LogP contribution in [-0.4, -0.2) is 12.2 Å². The topological polar surface area (TPSA) is 71.3 Å². The van der Waals surface area contributed by atoms with Crippen LogP contribution in [0.15, 0.2) is 54.6 Å². The molecule has 5 nitrogen and oxygen atoms in total. The quantitative estimate of drug-likeness (QED) is 0.814. The Balaban J connectivity index is 1.95. The van der Waals surface area contributed by atoms with E-state index in [1.54, 1.807) is 0 Å². The number of amides is 1. The summed E-state index contributed by atoms with van der Waals surface area (Å²) in [7, 11) is 0. The van der Waals surface area contributed by atoms with Crippen LogP contribution in [-0.2, 0) is 11.3 Å². The fourth-order valence-corrected chi connectivity index (χ4v) is 2.30. The highest BCUT2D eigenvalue weighted by atomic mass is 16.5. The van der Waals surface area contributed by atoms with Gasteiger partial charge in [0.25, 0.3) is 0 Å². The molecular weight excluding hydrogens is 316 g/mol. The number of nitrogens with one attached hydrogen (secondary N) is 1. The molecule has 0 aliphatic carbocycles. The van der Waals surface area contributed by atoms with Crippen LogP contribution in [0.25, 0.3) is 0 Å². The SMILES string of the molecule is CC(C)Oc1ccc(C(CC#N)NC(=O)OCc2ccccc2)cc1. The fraction of sp³-hybridized carbons (Fsp3) is 0.300. The zero-order valence-corrected chi connectivity index (χ0v) is 14.4. The van der Waals surface area contributed by atoms with Crippen molar-refractivity contribution in [3.63, 3.8) is 0 Å². The molecular formula is C20H22N2O3. The van der Waals surface area contributed by atoms with Crippen LogP contribution in [0.4, 0.5) is 4.79 Å². The van der Waals surface area contributed by atoms with E-state index in [0.717, 1.165) is 16.9 Å². The monoisotopic (exact) mass is 338 g/mol. The van der Waals surface area contributed by atoms with Crippen molar-refractivity contribution in [3.8, 4) is 11.8 Å². The second kappa shape index (κ2) is 9.33. The maximum absolute atomic E-state index is 12.0. The Bertz CT molecular complexity index is 706. The van der Waals surface area contributed by atoms with Crippen molar-refractivity contribution in [2.75, 3.05) is 0 Å². The Labute approximate surface area is 148 Å². The molecule has 5 heteroatoms. The number of rotatable bonds is 7. The van der Waals surface area contributed by atoms with Gasteiger partial charge >= 0.3 is 6.09 Å². The van der Waals surface area contributed by atoms with Gasteiger partial charge in [-0.3, -0.25) is 0 Å². The van der Waals surface area contributed by atoms with Crippen molar-refractivity contribution < 1.29 is 14.3 Å². The summed E-state index contributed by atoms with van der Waals surface area (Å²) in [6.07, 6.45) is -0.302. The van der Waals surface area contributed by atoms with Crippen LogP contribution in [0.3, 0.4) is 0 Å². The van der Waals surface area contributed by atoms with Crippen LogP contribution in [0.2, 0.25) is 0 Å². The highest BCUT2D eigenvalue weighted by Crippen LogP contribution is 2.21. The van der Waals surface area contributed by atoms with Gasteiger partial charge in [0, 0.05) is 0 Å². The lowest BCUT2D eigenvalue weighted by Gasteiger charge is -2.17. The molecule has 2 aromatic carbocycles. The average molecular weight is 338 g/mol. The number of benzene rings is 2. The summed E-state index contributed by atoms with van der Waals surface area (Å²) in [5, 5.41) is 11.8. The highest BCUT2D eigenvalue weighted by Gasteiger charge is 2.15. The minimum atomic E-state index is -0.549. The molecule has 0 aromatic heterocycles. The number of nitriles is 1. The van der Waals surface area contributed by atoms with Crippen LogP contribution >= 0.6 is 0 Å². The molecule has 0 saturated carbocycles. The summed E-state index contributed by atoms with van der Waals surface area (Å²) in [5.41, 5.74) is 1.74. The molecule has 1 amide bonds. The second-order valence-electron chi connectivity index (χ2n) is 5.86. The van der Waals surface area contributed by atoms with E-state index >= 15 is 0 Å². The molecule has 1 unspecified atom stereocenters. The summed E-state index contributed by atoms with van der Waals surface area (Å²) in [6, 6.07) is 18.4. The van der Waals surface area contributed by atoms with Crippen molar-refractivity contribution in [2.45, 2.75) is 39.0 Å². The normalized spacial score (nSPS) is 11.4. The van der Waals surface area contributed by atoms with Gasteiger partial charge in [0.1, 0.15) is 12.4 Å². The lowest BCUT2D eigenvalue weighted by molar-refractivity contribution is 0.135. The van der Waals surface area contributed by atoms with E-state index < -0.39 is 12.1 Å². The van der Waals surface area contributed by atoms with E-state index in [1.807, 2.05) is 68.4 Å². The minimum Gasteiger partial charge on any atom is -0.491 e. The Kier molecular flexibility index (Phi) is 6.85. The molecule has 130 valence electrons. The lowest BCUT2D eigenvalue weighted by atomic mass is 10.0. The number of alkyl carbamates (subject to hydrolysis) is 1. The van der Waals surface area contributed by atoms with Gasteiger partial charge in [-0.1, -0.05) is 42.5 Å². The predicted molar refractivity (Wildman–Crippen MR) is 94.9 cm³/mol. The van der Waals surface area contributed by atoms with Crippen molar-refractivity contribution >= 4 is 6.09 Å². The second-order valence-corrected chi connectivity index (χ2v) is 5.86. The number of ether oxygens (including phenoxy) is 2. The standard InChI is InChI=1S/C20H22N2O3/c1-15(2)25-18-10-8-17(9-11-18)19(12-13-21)22-20(23)24-14-16-6-4-3-5-7-16/h3-11,15,19H,12,14H2,1-2H3,(H,22,23). The lowest BCUT2D eigenvalue weighted by Crippen LogP contribution is -2.28. The van der Waals surface area contributed by atoms with Gasteiger partial charge in [-0.25, -0.2) is 4.79 Å². The molecule has 0 saturated heterocycles. The van der Waals surface area contributed by atoms with Gasteiger partial charge in [0.2, 0.25) is 0 Å². The molecule has 2 aromatic rings. The molecule has 0 fully saturated rings. The first-order chi connectivity index (χ1) is 12.1. The first-order valence-corrected chi connectivity index (χ1v) is 8.19. The van der Waals surface area contributed by atoms with Gasteiger partial charge in [-0.05, 0) is 37.1 Å². The first-order valence-electron chi connectivity index (χ1n) is 8.19. The van der Waals surface area contributed by atoms with E-state index in [1.165, 1.54) is 0 Å². The van der Waals surface area contributed by atoms with Crippen LogP contribution in [0.5, 0.6) is 5.75 Å². The third-order valence-corrected chi connectivity index (χ3v) is 3.45. The van der Waals surface area contributed by atoms with Gasteiger partial charge < -0.3 is 14.8 Å². The maximum atomic E-state index is 12.0. The summed E-state index contributed by atoms with van der Waals surface area (Å²) >= 11 is 0. The third kappa shape index (κ3) is 6.19. The maximum Gasteiger partial charge on any atom is 0.407 e. The van der Waals surface area contributed by atoms with Crippen LogP contribution < -0.4 is 10.1 Å². The van der Waals surface area contributed by atoms with Crippen molar-refractivity contribution in [1.29, 1.82) is 5.26 Å². The van der Waals surface area contributed by atoms with Crippen molar-refractivity contribution in [3.05, 3.63) is 65.7 Å². The molecule has 0 radical (unpaired) electrons. The van der Waals surface area contributed by atoms with E-state index in [9.17, 15) is 4.79 Å². The molecule has 25 heavy (non-hydrogen) atoms. The fourth-order valence-electron chi connectivity index (χ4n) is 2.30. The van der Waals surface area contributed by atoms with Crippen LogP contribution in [0.1, 0.15) is 37.4 Å². The number of carbonyl (C=O) groups is 1. The zero-order chi connectivity index (χ0) is 18.1. The summed E-state index contributed by atoms with van der Waals surface area (Å²) in [5.74, 6) is 0.751. The first kappa shape index (κ1) is 18.3. The van der Waals surface area contributed by atoms with Gasteiger partial charge in [0.05, 0.1) is 24.6 Å². The smallest absolute Gasteiger partial charge is 0.407 e. The van der Waals surface area contributed by atoms with Gasteiger partial charge in [-0.2, -0.15) is 5.26 Å². The Hall–Kier alpha value is -3.00. The largest absolute Gasteiger partial charge is 0.491 e. The predicted octanol–water partition coefficient (Wildman–Crippen LogP) is 4.35. The molecule has 1 N–H and O–H groups in total. The van der Waals surface area contributed by atoms with Crippen molar-refractivity contribution in [2.24, 2.45) is 0 Å². The molecule has 0 spiro atoms. The number of hydrogen-bond donors (Lipinski definition) is 1. The third-order valence-electron chi connectivity index (χ3n) is 3.45. The summed E-state index contributed by atoms with van der Waals surface area (Å²) in [6.45, 7) is 4.10. The molecule has 2 rings (SSSR count). The van der Waals surface area contributed by atoms with Gasteiger partial charge in [0.15, 0.2) is 0 Å². The highest BCUT2D eigenvalue weighted by molar-refractivity contribution is 5.68.